The second-order valence-corrected chi connectivity index (χ2v) is 4.21. The molecule has 0 aliphatic heterocycles. The third-order valence-electron chi connectivity index (χ3n) is 2.32. The molecule has 2 rings (SSSR count). The molecule has 4 heteroatoms. The van der Waals surface area contributed by atoms with Crippen LogP contribution in [0.15, 0.2) is 33.2 Å². The topological polar surface area (TPSA) is 50.4 Å². The van der Waals surface area contributed by atoms with E-state index in [1.54, 1.807) is 13.0 Å². The van der Waals surface area contributed by atoms with Gasteiger partial charge in [-0.25, -0.2) is 0 Å². The van der Waals surface area contributed by atoms with Gasteiger partial charge in [-0.2, -0.15) is 0 Å². The Balaban J connectivity index is 2.56. The molecule has 1 atom stereocenters. The fourth-order valence-electron chi connectivity index (χ4n) is 1.38. The number of carbonyl (C=O) groups is 1. The molecule has 1 unspecified atom stereocenters. The van der Waals surface area contributed by atoms with Crippen LogP contribution in [0.1, 0.15) is 18.6 Å². The van der Waals surface area contributed by atoms with Crippen molar-refractivity contribution in [2.45, 2.75) is 12.8 Å². The third kappa shape index (κ3) is 1.77. The molecule has 0 aliphatic carbocycles. The van der Waals surface area contributed by atoms with E-state index >= 15 is 0 Å². The molecule has 0 bridgehead atoms. The number of fused-ring (bicyclic) bond motifs is 1. The first-order valence-electron chi connectivity index (χ1n) is 4.50. The van der Waals surface area contributed by atoms with Crippen LogP contribution in [0.3, 0.4) is 0 Å². The Morgan fingerprint density at radius 1 is 1.53 bits per heavy atom. The lowest BCUT2D eigenvalue weighted by atomic mass is 10.1. The molecule has 78 valence electrons. The Hall–Kier alpha value is -1.29. The third-order valence-corrected chi connectivity index (χ3v) is 3.02. The summed E-state index contributed by atoms with van der Waals surface area (Å²) in [6.07, 6.45) is 0. The summed E-state index contributed by atoms with van der Waals surface area (Å²) in [5.41, 5.74) is 0.701. The average Bonchev–Trinajstić information content (AvgIpc) is 2.61. The Morgan fingerprint density at radius 2 is 2.27 bits per heavy atom. The number of rotatable bonds is 2. The maximum absolute atomic E-state index is 10.8. The molecule has 1 aromatic carbocycles. The zero-order chi connectivity index (χ0) is 11.0. The van der Waals surface area contributed by atoms with E-state index in [1.807, 2.05) is 18.2 Å². The average molecular weight is 269 g/mol. The predicted molar refractivity (Wildman–Crippen MR) is 60.0 cm³/mol. The lowest BCUT2D eigenvalue weighted by Gasteiger charge is -1.99. The Morgan fingerprint density at radius 3 is 2.87 bits per heavy atom. The molecular formula is C11H9BrO3. The molecule has 15 heavy (non-hydrogen) atoms. The number of hydrogen-bond acceptors (Lipinski definition) is 2. The summed E-state index contributed by atoms with van der Waals surface area (Å²) >= 11 is 3.39. The molecule has 0 aliphatic rings. The van der Waals surface area contributed by atoms with Crippen LogP contribution in [0.5, 0.6) is 0 Å². The zero-order valence-electron chi connectivity index (χ0n) is 8.03. The molecule has 1 aromatic heterocycles. The molecular weight excluding hydrogens is 260 g/mol. The number of halogens is 1. The maximum Gasteiger partial charge on any atom is 0.313 e. The fourth-order valence-corrected chi connectivity index (χ4v) is 1.84. The molecule has 2 aromatic rings. The Bertz CT molecular complexity index is 516. The second-order valence-electron chi connectivity index (χ2n) is 3.36. The van der Waals surface area contributed by atoms with Gasteiger partial charge in [0.1, 0.15) is 17.3 Å². The van der Waals surface area contributed by atoms with Crippen LogP contribution in [-0.4, -0.2) is 11.1 Å². The van der Waals surface area contributed by atoms with Gasteiger partial charge < -0.3 is 9.52 Å². The standard InChI is InChI=1S/C11H9BrO3/c1-6(11(13)14)10-5-7-8(12)3-2-4-9(7)15-10/h2-6H,1H3,(H,13,14). The SMILES string of the molecule is CC(C(=O)O)c1cc2c(Br)cccc2o1. The van der Waals surface area contributed by atoms with Gasteiger partial charge in [-0.1, -0.05) is 22.0 Å². The van der Waals surface area contributed by atoms with Gasteiger partial charge in [0.25, 0.3) is 0 Å². The Kier molecular flexibility index (Phi) is 2.52. The molecule has 0 spiro atoms. The van der Waals surface area contributed by atoms with Gasteiger partial charge >= 0.3 is 5.97 Å². The summed E-state index contributed by atoms with van der Waals surface area (Å²) in [5, 5.41) is 9.76. The number of hydrogen-bond donors (Lipinski definition) is 1. The van der Waals surface area contributed by atoms with Crippen LogP contribution < -0.4 is 0 Å². The zero-order valence-corrected chi connectivity index (χ0v) is 9.61. The summed E-state index contributed by atoms with van der Waals surface area (Å²) < 4.78 is 6.37. The lowest BCUT2D eigenvalue weighted by Crippen LogP contribution is -2.05. The first-order chi connectivity index (χ1) is 7.09. The van der Waals surface area contributed by atoms with Crippen LogP contribution in [0.2, 0.25) is 0 Å². The smallest absolute Gasteiger partial charge is 0.313 e. The summed E-state index contributed by atoms with van der Waals surface area (Å²) in [7, 11) is 0. The molecule has 0 saturated carbocycles. The molecule has 0 amide bonds. The largest absolute Gasteiger partial charge is 0.481 e. The van der Waals surface area contributed by atoms with Crippen molar-refractivity contribution in [1.29, 1.82) is 0 Å². The highest BCUT2D eigenvalue weighted by molar-refractivity contribution is 9.10. The van der Waals surface area contributed by atoms with E-state index in [1.165, 1.54) is 0 Å². The minimum absolute atomic E-state index is 0.476. The minimum Gasteiger partial charge on any atom is -0.481 e. The normalized spacial score (nSPS) is 12.9. The molecule has 0 saturated heterocycles. The molecule has 0 fully saturated rings. The summed E-state index contributed by atoms with van der Waals surface area (Å²) in [5.74, 6) is -1.03. The van der Waals surface area contributed by atoms with Gasteiger partial charge in [-0.05, 0) is 25.1 Å². The second kappa shape index (κ2) is 3.70. The monoisotopic (exact) mass is 268 g/mol. The van der Waals surface area contributed by atoms with Crippen LogP contribution in [0.4, 0.5) is 0 Å². The van der Waals surface area contributed by atoms with Gasteiger partial charge in [-0.3, -0.25) is 4.79 Å². The van der Waals surface area contributed by atoms with Crippen molar-refractivity contribution < 1.29 is 14.3 Å². The lowest BCUT2D eigenvalue weighted by molar-refractivity contribution is -0.138. The van der Waals surface area contributed by atoms with E-state index in [0.29, 0.717) is 11.3 Å². The Labute approximate surface area is 94.8 Å². The van der Waals surface area contributed by atoms with E-state index in [-0.39, 0.29) is 0 Å². The van der Waals surface area contributed by atoms with Crippen LogP contribution in [-0.2, 0) is 4.79 Å². The van der Waals surface area contributed by atoms with Crippen LogP contribution >= 0.6 is 15.9 Å². The van der Waals surface area contributed by atoms with Crippen molar-refractivity contribution >= 4 is 32.9 Å². The van der Waals surface area contributed by atoms with E-state index in [9.17, 15) is 4.79 Å². The molecule has 3 nitrogen and oxygen atoms in total. The first-order valence-corrected chi connectivity index (χ1v) is 5.29. The van der Waals surface area contributed by atoms with E-state index < -0.39 is 11.9 Å². The highest BCUT2D eigenvalue weighted by atomic mass is 79.9. The highest BCUT2D eigenvalue weighted by Gasteiger charge is 2.18. The quantitative estimate of drug-likeness (QED) is 0.909. The molecule has 1 N–H and O–H groups in total. The number of benzene rings is 1. The van der Waals surface area contributed by atoms with Gasteiger partial charge in [0.15, 0.2) is 0 Å². The van der Waals surface area contributed by atoms with Gasteiger partial charge in [0.05, 0.1) is 0 Å². The summed E-state index contributed by atoms with van der Waals surface area (Å²) in [6, 6.07) is 7.33. The number of furan rings is 1. The van der Waals surface area contributed by atoms with Crippen molar-refractivity contribution in [1.82, 2.24) is 0 Å². The number of carboxylic acids is 1. The van der Waals surface area contributed by atoms with Crippen LogP contribution in [0, 0.1) is 0 Å². The maximum atomic E-state index is 10.8. The number of aliphatic carboxylic acids is 1. The van der Waals surface area contributed by atoms with Crippen molar-refractivity contribution in [3.63, 3.8) is 0 Å². The van der Waals surface area contributed by atoms with Crippen molar-refractivity contribution in [2.75, 3.05) is 0 Å². The van der Waals surface area contributed by atoms with Gasteiger partial charge in [0, 0.05) is 9.86 Å². The fraction of sp³-hybridized carbons (Fsp3) is 0.182. The van der Waals surface area contributed by atoms with Crippen molar-refractivity contribution in [3.05, 3.63) is 34.5 Å². The number of carboxylic acid groups (broad SMARTS) is 1. The van der Waals surface area contributed by atoms with Crippen molar-refractivity contribution in [3.8, 4) is 0 Å². The highest BCUT2D eigenvalue weighted by Crippen LogP contribution is 2.30. The van der Waals surface area contributed by atoms with Gasteiger partial charge in [0.2, 0.25) is 0 Å². The van der Waals surface area contributed by atoms with E-state index in [4.69, 9.17) is 9.52 Å². The van der Waals surface area contributed by atoms with Crippen molar-refractivity contribution in [2.24, 2.45) is 0 Å². The molecule has 1 heterocycles. The summed E-state index contributed by atoms with van der Waals surface area (Å²) in [6.45, 7) is 1.61. The first kappa shape index (κ1) is 10.2. The molecule has 0 radical (unpaired) electrons. The van der Waals surface area contributed by atoms with E-state index in [0.717, 1.165) is 9.86 Å². The van der Waals surface area contributed by atoms with Crippen LogP contribution in [0.25, 0.3) is 11.0 Å². The van der Waals surface area contributed by atoms with Gasteiger partial charge in [-0.15, -0.1) is 0 Å². The summed E-state index contributed by atoms with van der Waals surface area (Å²) in [4.78, 5) is 10.8. The predicted octanol–water partition coefficient (Wildman–Crippen LogP) is 3.38. The van der Waals surface area contributed by atoms with E-state index in [2.05, 4.69) is 15.9 Å². The minimum atomic E-state index is -0.884.